The third-order valence-electron chi connectivity index (χ3n) is 6.20. The van der Waals surface area contributed by atoms with Crippen LogP contribution in [0.3, 0.4) is 0 Å². The summed E-state index contributed by atoms with van der Waals surface area (Å²) in [6.45, 7) is 10.7. The summed E-state index contributed by atoms with van der Waals surface area (Å²) in [4.78, 5) is 28.1. The lowest BCUT2D eigenvalue weighted by Crippen LogP contribution is -2.49. The first-order valence-electron chi connectivity index (χ1n) is 11.6. The summed E-state index contributed by atoms with van der Waals surface area (Å²) >= 11 is 0. The Labute approximate surface area is 205 Å². The van der Waals surface area contributed by atoms with E-state index in [-0.39, 0.29) is 17.9 Å². The van der Waals surface area contributed by atoms with Crippen molar-refractivity contribution in [1.29, 1.82) is 5.26 Å². The number of anilines is 3. The molecule has 2 N–H and O–H groups in total. The van der Waals surface area contributed by atoms with Gasteiger partial charge in [0.1, 0.15) is 11.7 Å². The van der Waals surface area contributed by atoms with Crippen LogP contribution in [0.4, 0.5) is 17.5 Å². The molecular formula is C25H31N9O. The minimum atomic E-state index is -0.615. The van der Waals surface area contributed by atoms with Crippen LogP contribution in [-0.4, -0.2) is 43.7 Å². The zero-order valence-corrected chi connectivity index (χ0v) is 21.0. The second kappa shape index (κ2) is 9.33. The molecule has 0 saturated heterocycles. The molecule has 182 valence electrons. The molecule has 1 aliphatic rings. The Kier molecular flexibility index (Phi) is 6.43. The van der Waals surface area contributed by atoms with E-state index in [0.717, 1.165) is 16.8 Å². The molecule has 1 atom stereocenters. The molecule has 0 unspecified atom stereocenters. The van der Waals surface area contributed by atoms with Gasteiger partial charge >= 0.3 is 0 Å². The Balaban J connectivity index is 1.43. The number of likely N-dealkylation sites (N-methyl/N-ethyl adjacent to an activating group) is 1. The summed E-state index contributed by atoms with van der Waals surface area (Å²) in [6, 6.07) is 5.86. The molecule has 0 spiro atoms. The maximum absolute atomic E-state index is 12.5. The average molecular weight is 474 g/mol. The first-order chi connectivity index (χ1) is 16.6. The number of pyridine rings is 1. The number of hydrogen-bond acceptors (Lipinski definition) is 8. The fraction of sp³-hybridized carbons (Fsp3) is 0.440. The van der Waals surface area contributed by atoms with Crippen molar-refractivity contribution in [3.05, 3.63) is 53.2 Å². The molecule has 4 rings (SSSR count). The number of carbonyl (C=O) groups excluding carboxylic acids is 1. The lowest BCUT2D eigenvalue weighted by atomic mass is 9.91. The number of nitrogens with zero attached hydrogens (tertiary/aromatic N) is 7. The van der Waals surface area contributed by atoms with Crippen molar-refractivity contribution in [2.75, 3.05) is 22.6 Å². The predicted molar refractivity (Wildman–Crippen MR) is 134 cm³/mol. The third kappa shape index (κ3) is 4.94. The number of rotatable bonds is 7. The van der Waals surface area contributed by atoms with Gasteiger partial charge < -0.3 is 15.5 Å². The van der Waals surface area contributed by atoms with Crippen molar-refractivity contribution in [1.82, 2.24) is 24.7 Å². The van der Waals surface area contributed by atoms with Crippen LogP contribution < -0.4 is 15.5 Å². The molecule has 0 radical (unpaired) electrons. The second-order valence-electron chi connectivity index (χ2n) is 9.81. The Morgan fingerprint density at radius 1 is 1.23 bits per heavy atom. The highest BCUT2D eigenvalue weighted by Gasteiger charge is 2.35. The molecule has 1 aliphatic heterocycles. The first-order valence-corrected chi connectivity index (χ1v) is 11.6. The summed E-state index contributed by atoms with van der Waals surface area (Å²) < 4.78 is 1.85. The van der Waals surface area contributed by atoms with Crippen LogP contribution in [0.1, 0.15) is 50.2 Å². The van der Waals surface area contributed by atoms with Crippen molar-refractivity contribution >= 4 is 23.4 Å². The van der Waals surface area contributed by atoms with Crippen LogP contribution in [0, 0.1) is 24.2 Å². The molecule has 3 aromatic heterocycles. The van der Waals surface area contributed by atoms with Crippen LogP contribution in [0.2, 0.25) is 0 Å². The van der Waals surface area contributed by atoms with Crippen LogP contribution >= 0.6 is 0 Å². The van der Waals surface area contributed by atoms with E-state index in [9.17, 15) is 10.1 Å². The molecule has 0 aromatic carbocycles. The topological polar surface area (TPSA) is 125 Å². The highest BCUT2D eigenvalue weighted by Crippen LogP contribution is 2.34. The molecule has 10 nitrogen and oxygen atoms in total. The first kappa shape index (κ1) is 24.1. The monoisotopic (exact) mass is 473 g/mol. The molecular weight excluding hydrogens is 442 g/mol. The van der Waals surface area contributed by atoms with E-state index in [1.807, 2.05) is 69.6 Å². The lowest BCUT2D eigenvalue weighted by Gasteiger charge is -2.36. The van der Waals surface area contributed by atoms with Gasteiger partial charge in [0.05, 0.1) is 35.6 Å². The quantitative estimate of drug-likeness (QED) is 0.536. The van der Waals surface area contributed by atoms with Crippen LogP contribution in [0.15, 0.2) is 30.7 Å². The van der Waals surface area contributed by atoms with Crippen molar-refractivity contribution in [2.24, 2.45) is 5.92 Å². The second-order valence-corrected chi connectivity index (χ2v) is 9.81. The molecule has 0 saturated carbocycles. The zero-order valence-electron chi connectivity index (χ0n) is 21.0. The average Bonchev–Trinajstić information content (AvgIpc) is 3.26. The molecule has 10 heteroatoms. The summed E-state index contributed by atoms with van der Waals surface area (Å²) in [7, 11) is 1.89. The van der Waals surface area contributed by atoms with Crippen molar-refractivity contribution < 1.29 is 4.79 Å². The summed E-state index contributed by atoms with van der Waals surface area (Å²) in [5.74, 6) is 1.33. The number of nitriles is 1. The smallest absolute Gasteiger partial charge is 0.247 e. The van der Waals surface area contributed by atoms with Crippen molar-refractivity contribution in [2.45, 2.75) is 59.2 Å². The lowest BCUT2D eigenvalue weighted by molar-refractivity contribution is -0.118. The van der Waals surface area contributed by atoms with Crippen LogP contribution in [0.25, 0.3) is 0 Å². The fourth-order valence-electron chi connectivity index (χ4n) is 4.19. The van der Waals surface area contributed by atoms with E-state index in [2.05, 4.69) is 36.8 Å². The maximum atomic E-state index is 12.5. The number of hydrogen-bond donors (Lipinski definition) is 2. The fourth-order valence-corrected chi connectivity index (χ4v) is 4.19. The Morgan fingerprint density at radius 2 is 2.00 bits per heavy atom. The number of aromatic nitrogens is 5. The maximum Gasteiger partial charge on any atom is 0.247 e. The Morgan fingerprint density at radius 3 is 2.66 bits per heavy atom. The molecule has 3 aromatic rings. The number of carbonyl (C=O) groups is 1. The minimum absolute atomic E-state index is 0.0339. The Hall–Kier alpha value is -4.00. The zero-order chi connectivity index (χ0) is 25.3. The molecule has 0 aliphatic carbocycles. The van der Waals surface area contributed by atoms with Gasteiger partial charge in [-0.25, -0.2) is 4.98 Å². The van der Waals surface area contributed by atoms with Gasteiger partial charge in [0, 0.05) is 31.5 Å². The molecule has 0 fully saturated rings. The van der Waals surface area contributed by atoms with E-state index in [4.69, 9.17) is 0 Å². The van der Waals surface area contributed by atoms with E-state index < -0.39 is 5.41 Å². The standard InChI is InChI=1S/C25H31N9O/c1-15(2)21-23(35)31-20-16(3)30-24(32-22(20)33(21)6)28-10-18-11-29-34(13-18)12-17-7-8-19(27-9-17)25(4,5)14-26/h7-9,11,13,15,21H,10,12H2,1-6H3,(H,31,35)(H,28,30,32)/t21-/m0/s1. The van der Waals surface area contributed by atoms with Crippen molar-refractivity contribution in [3.8, 4) is 6.07 Å². The number of fused-ring (bicyclic) bond motifs is 1. The molecule has 4 heterocycles. The van der Waals surface area contributed by atoms with Crippen LogP contribution in [0.5, 0.6) is 0 Å². The summed E-state index contributed by atoms with van der Waals surface area (Å²) in [5, 5.41) is 20.0. The largest absolute Gasteiger partial charge is 0.350 e. The Bertz CT molecular complexity index is 1270. The van der Waals surface area contributed by atoms with E-state index in [1.54, 1.807) is 12.4 Å². The normalized spacial score (nSPS) is 15.5. The van der Waals surface area contributed by atoms with E-state index in [0.29, 0.717) is 36.2 Å². The van der Waals surface area contributed by atoms with E-state index in [1.165, 1.54) is 0 Å². The van der Waals surface area contributed by atoms with Gasteiger partial charge in [-0.15, -0.1) is 0 Å². The predicted octanol–water partition coefficient (Wildman–Crippen LogP) is 3.25. The number of aryl methyl sites for hydroxylation is 1. The highest BCUT2D eigenvalue weighted by atomic mass is 16.2. The number of nitrogens with one attached hydrogen (secondary N) is 2. The molecule has 35 heavy (non-hydrogen) atoms. The molecule has 0 bridgehead atoms. The third-order valence-corrected chi connectivity index (χ3v) is 6.20. The minimum Gasteiger partial charge on any atom is -0.350 e. The summed E-state index contributed by atoms with van der Waals surface area (Å²) in [5.41, 5.74) is 3.50. The van der Waals surface area contributed by atoms with Gasteiger partial charge in [0.2, 0.25) is 11.9 Å². The number of amides is 1. The van der Waals surface area contributed by atoms with Crippen LogP contribution in [-0.2, 0) is 23.3 Å². The summed E-state index contributed by atoms with van der Waals surface area (Å²) in [6.07, 6.45) is 5.56. The highest BCUT2D eigenvalue weighted by molar-refractivity contribution is 6.03. The van der Waals surface area contributed by atoms with Gasteiger partial charge in [-0.1, -0.05) is 19.9 Å². The van der Waals surface area contributed by atoms with Gasteiger partial charge in [-0.2, -0.15) is 15.3 Å². The van der Waals surface area contributed by atoms with Crippen molar-refractivity contribution in [3.63, 3.8) is 0 Å². The van der Waals surface area contributed by atoms with Gasteiger partial charge in [-0.05, 0) is 38.3 Å². The van der Waals surface area contributed by atoms with E-state index >= 15 is 0 Å². The van der Waals surface area contributed by atoms with Gasteiger partial charge in [0.25, 0.3) is 0 Å². The SMILES string of the molecule is Cc1nc(NCc2cnn(Cc3ccc(C(C)(C)C#N)nc3)c2)nc2c1NC(=O)[C@H](C(C)C)N2C. The van der Waals surface area contributed by atoms with Gasteiger partial charge in [-0.3, -0.25) is 14.5 Å². The molecule has 1 amide bonds. The van der Waals surface area contributed by atoms with Gasteiger partial charge in [0.15, 0.2) is 5.82 Å².